The number of hydrogen-bond donors (Lipinski definition) is 2. The fourth-order valence-corrected chi connectivity index (χ4v) is 2.49. The molecule has 2 atom stereocenters. The number of piperazine rings is 1. The highest BCUT2D eigenvalue weighted by Gasteiger charge is 2.21. The molecular formula is C14H21F2N3. The Morgan fingerprint density at radius 3 is 2.63 bits per heavy atom. The molecule has 0 saturated carbocycles. The Morgan fingerprint density at radius 1 is 1.32 bits per heavy atom. The van der Waals surface area contributed by atoms with Crippen LogP contribution in [0.1, 0.15) is 18.5 Å². The molecule has 2 rings (SSSR count). The van der Waals surface area contributed by atoms with Crippen molar-refractivity contribution < 1.29 is 8.78 Å². The summed E-state index contributed by atoms with van der Waals surface area (Å²) in [5.74, 6) is -0.999. The molecule has 0 aromatic heterocycles. The van der Waals surface area contributed by atoms with Crippen molar-refractivity contribution in [2.45, 2.75) is 13.0 Å². The summed E-state index contributed by atoms with van der Waals surface area (Å²) in [4.78, 5) is 2.32. The number of nitrogens with two attached hydrogens (primary N) is 1. The summed E-state index contributed by atoms with van der Waals surface area (Å²) in [6.45, 7) is 6.78. The molecule has 1 aromatic rings. The van der Waals surface area contributed by atoms with Crippen LogP contribution in [-0.4, -0.2) is 37.6 Å². The van der Waals surface area contributed by atoms with Gasteiger partial charge in [-0.2, -0.15) is 0 Å². The predicted molar refractivity (Wildman–Crippen MR) is 71.8 cm³/mol. The first-order chi connectivity index (χ1) is 9.08. The van der Waals surface area contributed by atoms with Gasteiger partial charge in [-0.05, 0) is 12.0 Å². The van der Waals surface area contributed by atoms with Gasteiger partial charge in [0.2, 0.25) is 0 Å². The third kappa shape index (κ3) is 3.72. The quantitative estimate of drug-likeness (QED) is 0.870. The molecule has 0 spiro atoms. The molecule has 1 aliphatic rings. The van der Waals surface area contributed by atoms with Crippen molar-refractivity contribution in [1.29, 1.82) is 0 Å². The van der Waals surface area contributed by atoms with Crippen LogP contribution < -0.4 is 11.1 Å². The molecule has 2 unspecified atom stereocenters. The second-order valence-corrected chi connectivity index (χ2v) is 5.22. The molecule has 106 valence electrons. The van der Waals surface area contributed by atoms with Gasteiger partial charge < -0.3 is 16.0 Å². The lowest BCUT2D eigenvalue weighted by Crippen LogP contribution is -2.46. The smallest absolute Gasteiger partial charge is 0.130 e. The Balaban J connectivity index is 1.99. The van der Waals surface area contributed by atoms with E-state index in [9.17, 15) is 8.78 Å². The lowest BCUT2D eigenvalue weighted by atomic mass is 9.94. The normalized spacial score (nSPS) is 20.2. The highest BCUT2D eigenvalue weighted by Crippen LogP contribution is 2.23. The Bertz CT molecular complexity index is 419. The van der Waals surface area contributed by atoms with Crippen molar-refractivity contribution >= 4 is 0 Å². The van der Waals surface area contributed by atoms with Crippen molar-refractivity contribution in [3.05, 3.63) is 35.4 Å². The van der Waals surface area contributed by atoms with Crippen LogP contribution in [0.25, 0.3) is 0 Å². The molecule has 0 radical (unpaired) electrons. The average molecular weight is 269 g/mol. The van der Waals surface area contributed by atoms with Crippen molar-refractivity contribution in [3.63, 3.8) is 0 Å². The number of nitrogens with zero attached hydrogens (tertiary/aromatic N) is 1. The zero-order valence-electron chi connectivity index (χ0n) is 11.2. The maximum Gasteiger partial charge on any atom is 0.130 e. The monoisotopic (exact) mass is 269 g/mol. The lowest BCUT2D eigenvalue weighted by molar-refractivity contribution is 0.198. The molecule has 1 aromatic carbocycles. The van der Waals surface area contributed by atoms with Gasteiger partial charge in [-0.25, -0.2) is 8.78 Å². The fourth-order valence-electron chi connectivity index (χ4n) is 2.49. The van der Waals surface area contributed by atoms with E-state index in [1.165, 1.54) is 12.1 Å². The number of hydrogen-bond acceptors (Lipinski definition) is 3. The number of rotatable bonds is 4. The summed E-state index contributed by atoms with van der Waals surface area (Å²) in [5, 5.41) is 3.29. The summed E-state index contributed by atoms with van der Waals surface area (Å²) in [7, 11) is 0. The molecule has 1 fully saturated rings. The third-order valence-electron chi connectivity index (χ3n) is 3.69. The minimum atomic E-state index is -0.566. The van der Waals surface area contributed by atoms with Gasteiger partial charge in [0.15, 0.2) is 0 Å². The van der Waals surface area contributed by atoms with Crippen LogP contribution in [0.15, 0.2) is 18.2 Å². The van der Waals surface area contributed by atoms with Crippen molar-refractivity contribution in [3.8, 4) is 0 Å². The predicted octanol–water partition coefficient (Wildman–Crippen LogP) is 1.51. The first kappa shape index (κ1) is 14.4. The highest BCUT2D eigenvalue weighted by molar-refractivity contribution is 5.22. The zero-order valence-corrected chi connectivity index (χ0v) is 11.2. The van der Waals surface area contributed by atoms with Gasteiger partial charge in [-0.1, -0.05) is 13.0 Å². The van der Waals surface area contributed by atoms with Gasteiger partial charge in [-0.15, -0.1) is 0 Å². The van der Waals surface area contributed by atoms with E-state index in [1.807, 2.05) is 6.92 Å². The van der Waals surface area contributed by atoms with Crippen LogP contribution in [0.3, 0.4) is 0 Å². The summed E-state index contributed by atoms with van der Waals surface area (Å²) < 4.78 is 26.6. The molecule has 0 bridgehead atoms. The number of benzene rings is 1. The molecule has 0 amide bonds. The third-order valence-corrected chi connectivity index (χ3v) is 3.69. The van der Waals surface area contributed by atoms with Crippen LogP contribution in [0, 0.1) is 17.6 Å². The Kier molecular flexibility index (Phi) is 4.85. The second kappa shape index (κ2) is 6.41. The van der Waals surface area contributed by atoms with Crippen LogP contribution in [0.2, 0.25) is 0 Å². The summed E-state index contributed by atoms with van der Waals surface area (Å²) in [6.07, 6.45) is 0. The van der Waals surface area contributed by atoms with E-state index in [0.29, 0.717) is 5.56 Å². The van der Waals surface area contributed by atoms with Crippen LogP contribution >= 0.6 is 0 Å². The summed E-state index contributed by atoms with van der Waals surface area (Å²) >= 11 is 0. The number of nitrogens with one attached hydrogen (secondary N) is 1. The topological polar surface area (TPSA) is 41.3 Å². The standard InChI is InChI=1S/C14H21F2N3/c1-10(9-19-6-4-18-5-7-19)14(17)12-3-2-11(15)8-13(12)16/h2-3,8,10,14,18H,4-7,9,17H2,1H3. The van der Waals surface area contributed by atoms with Crippen molar-refractivity contribution in [1.82, 2.24) is 10.2 Å². The summed E-state index contributed by atoms with van der Waals surface area (Å²) in [5.41, 5.74) is 6.49. The van der Waals surface area contributed by atoms with Gasteiger partial charge in [0.05, 0.1) is 0 Å². The van der Waals surface area contributed by atoms with E-state index >= 15 is 0 Å². The minimum Gasteiger partial charge on any atom is -0.324 e. The molecule has 1 aliphatic heterocycles. The largest absolute Gasteiger partial charge is 0.324 e. The average Bonchev–Trinajstić information content (AvgIpc) is 2.39. The molecule has 3 N–H and O–H groups in total. The van der Waals surface area contributed by atoms with E-state index < -0.39 is 17.7 Å². The lowest BCUT2D eigenvalue weighted by Gasteiger charge is -2.31. The van der Waals surface area contributed by atoms with E-state index in [0.717, 1.165) is 38.8 Å². The van der Waals surface area contributed by atoms with Crippen LogP contribution in [-0.2, 0) is 0 Å². The Morgan fingerprint density at radius 2 is 2.00 bits per heavy atom. The Hall–Kier alpha value is -1.04. The van der Waals surface area contributed by atoms with E-state index in [-0.39, 0.29) is 5.92 Å². The van der Waals surface area contributed by atoms with Crippen LogP contribution in [0.4, 0.5) is 8.78 Å². The van der Waals surface area contributed by atoms with Crippen molar-refractivity contribution in [2.75, 3.05) is 32.7 Å². The van der Waals surface area contributed by atoms with Gasteiger partial charge >= 0.3 is 0 Å². The van der Waals surface area contributed by atoms with E-state index in [2.05, 4.69) is 10.2 Å². The van der Waals surface area contributed by atoms with Crippen LogP contribution in [0.5, 0.6) is 0 Å². The van der Waals surface area contributed by atoms with Gasteiger partial charge in [0, 0.05) is 50.4 Å². The van der Waals surface area contributed by atoms with Crippen molar-refractivity contribution in [2.24, 2.45) is 11.7 Å². The second-order valence-electron chi connectivity index (χ2n) is 5.22. The van der Waals surface area contributed by atoms with Gasteiger partial charge in [-0.3, -0.25) is 0 Å². The maximum absolute atomic E-state index is 13.7. The highest BCUT2D eigenvalue weighted by atomic mass is 19.1. The first-order valence-corrected chi connectivity index (χ1v) is 6.71. The number of halogens is 2. The van der Waals surface area contributed by atoms with Gasteiger partial charge in [0.1, 0.15) is 11.6 Å². The minimum absolute atomic E-state index is 0.123. The molecule has 3 nitrogen and oxygen atoms in total. The Labute approximate surface area is 112 Å². The van der Waals surface area contributed by atoms with E-state index in [1.54, 1.807) is 0 Å². The summed E-state index contributed by atoms with van der Waals surface area (Å²) in [6, 6.07) is 3.20. The maximum atomic E-state index is 13.7. The molecule has 19 heavy (non-hydrogen) atoms. The molecule has 0 aliphatic carbocycles. The van der Waals surface area contributed by atoms with Gasteiger partial charge in [0.25, 0.3) is 0 Å². The first-order valence-electron chi connectivity index (χ1n) is 6.71. The molecular weight excluding hydrogens is 248 g/mol. The van der Waals surface area contributed by atoms with E-state index in [4.69, 9.17) is 5.73 Å². The molecule has 1 saturated heterocycles. The SMILES string of the molecule is CC(CN1CCNCC1)C(N)c1ccc(F)cc1F. The zero-order chi connectivity index (χ0) is 13.8. The molecule has 5 heteroatoms. The molecule has 1 heterocycles. The fraction of sp³-hybridized carbons (Fsp3) is 0.571.